The van der Waals surface area contributed by atoms with E-state index in [0.29, 0.717) is 0 Å². The number of rotatable bonds is 3. The number of fused-ring (bicyclic) bond motifs is 9. The number of nitrogens with one attached hydrogen (secondary N) is 1. The van der Waals surface area contributed by atoms with E-state index in [2.05, 4.69) is 166 Å². The third-order valence-electron chi connectivity index (χ3n) is 9.54. The molecule has 4 heteroatoms. The Morgan fingerprint density at radius 2 is 1.17 bits per heavy atom. The lowest BCUT2D eigenvalue weighted by Crippen LogP contribution is -2.30. The van der Waals surface area contributed by atoms with Gasteiger partial charge in [0.15, 0.2) is 0 Å². The number of nitrogens with zero attached hydrogens (tertiary/aromatic N) is 3. The Bertz CT molecular complexity index is 2680. The lowest BCUT2D eigenvalue weighted by molar-refractivity contribution is 0.758. The topological polar surface area (TPSA) is 34.2 Å². The molecule has 4 nitrogen and oxygen atoms in total. The molecule has 0 fully saturated rings. The van der Waals surface area contributed by atoms with Gasteiger partial charge in [-0.15, -0.1) is 0 Å². The average Bonchev–Trinajstić information content (AvgIpc) is 3.64. The van der Waals surface area contributed by atoms with E-state index in [1.54, 1.807) is 0 Å². The molecule has 1 aliphatic rings. The number of aromatic nitrogens is 2. The number of para-hydroxylation sites is 4. The number of benzene rings is 7. The zero-order valence-electron chi connectivity index (χ0n) is 24.9. The summed E-state index contributed by atoms with van der Waals surface area (Å²) in [6.45, 7) is 0. The van der Waals surface area contributed by atoms with Gasteiger partial charge in [0.05, 0.1) is 39.2 Å². The minimum Gasteiger partial charge on any atom is -0.358 e. The molecule has 2 aromatic heterocycles. The standard InChI is InChI=1S/C42H28N4/c1-2-13-28(14-3-1)41-42(44-35-19-9-8-18-34(35)43-41)46-36-20-10-6-16-31(36)33-26-29(23-25-38(33)46)45-37-21-11-7-17-32(37)40-30-15-5-4-12-27(30)22-24-39(40)45/h1-26,42,44H. The third-order valence-corrected chi connectivity index (χ3v) is 9.54. The number of anilines is 1. The summed E-state index contributed by atoms with van der Waals surface area (Å²) in [7, 11) is 0. The van der Waals surface area contributed by atoms with Gasteiger partial charge in [-0.05, 0) is 59.3 Å². The molecule has 1 aliphatic heterocycles. The highest BCUT2D eigenvalue weighted by Crippen LogP contribution is 2.41. The van der Waals surface area contributed by atoms with Gasteiger partial charge in [0.25, 0.3) is 0 Å². The van der Waals surface area contributed by atoms with Gasteiger partial charge in [-0.2, -0.15) is 0 Å². The fourth-order valence-corrected chi connectivity index (χ4v) is 7.54. The van der Waals surface area contributed by atoms with Gasteiger partial charge >= 0.3 is 0 Å². The number of aliphatic imine (C=N–C) groups is 1. The molecule has 46 heavy (non-hydrogen) atoms. The van der Waals surface area contributed by atoms with Crippen LogP contribution in [0.15, 0.2) is 163 Å². The number of hydrogen-bond donors (Lipinski definition) is 1. The molecule has 10 rings (SSSR count). The summed E-state index contributed by atoms with van der Waals surface area (Å²) in [6, 6.07) is 56.5. The SMILES string of the molecule is c1ccc(C2=Nc3ccccc3NC2n2c3ccccc3c3cc(-n4c5ccccc5c5c6ccccc6ccc54)ccc32)cc1. The van der Waals surface area contributed by atoms with Crippen molar-refractivity contribution < 1.29 is 0 Å². The largest absolute Gasteiger partial charge is 0.358 e. The molecule has 1 atom stereocenters. The Labute approximate surface area is 265 Å². The molecule has 0 spiro atoms. The van der Waals surface area contributed by atoms with Crippen molar-refractivity contribution in [3.8, 4) is 5.69 Å². The maximum Gasteiger partial charge on any atom is 0.148 e. The second-order valence-electron chi connectivity index (χ2n) is 12.0. The zero-order chi connectivity index (χ0) is 30.2. The first-order valence-electron chi connectivity index (χ1n) is 15.8. The van der Waals surface area contributed by atoms with Crippen molar-refractivity contribution in [2.24, 2.45) is 4.99 Å². The zero-order valence-corrected chi connectivity index (χ0v) is 24.9. The molecule has 7 aromatic carbocycles. The van der Waals surface area contributed by atoms with E-state index in [-0.39, 0.29) is 6.17 Å². The van der Waals surface area contributed by atoms with Crippen LogP contribution in [0.1, 0.15) is 11.7 Å². The monoisotopic (exact) mass is 588 g/mol. The quantitative estimate of drug-likeness (QED) is 0.219. The second kappa shape index (κ2) is 9.68. The summed E-state index contributed by atoms with van der Waals surface area (Å²) in [4.78, 5) is 5.25. The van der Waals surface area contributed by atoms with E-state index in [0.717, 1.165) is 33.9 Å². The summed E-state index contributed by atoms with van der Waals surface area (Å²) in [5.74, 6) is 0. The summed E-state index contributed by atoms with van der Waals surface area (Å²) in [5, 5.41) is 11.4. The molecule has 0 bridgehead atoms. The maximum absolute atomic E-state index is 5.25. The molecule has 0 aliphatic carbocycles. The second-order valence-corrected chi connectivity index (χ2v) is 12.0. The van der Waals surface area contributed by atoms with E-state index in [1.807, 2.05) is 6.07 Å². The van der Waals surface area contributed by atoms with E-state index >= 15 is 0 Å². The fourth-order valence-electron chi connectivity index (χ4n) is 7.54. The minimum atomic E-state index is -0.190. The van der Waals surface area contributed by atoms with E-state index in [1.165, 1.54) is 48.9 Å². The lowest BCUT2D eigenvalue weighted by atomic mass is 10.0. The Morgan fingerprint density at radius 3 is 2.07 bits per heavy atom. The van der Waals surface area contributed by atoms with Gasteiger partial charge in [-0.25, -0.2) is 4.99 Å². The molecular formula is C42H28N4. The normalized spacial score (nSPS) is 14.6. The van der Waals surface area contributed by atoms with Crippen LogP contribution in [0.5, 0.6) is 0 Å². The van der Waals surface area contributed by atoms with Crippen molar-refractivity contribution in [2.45, 2.75) is 6.17 Å². The Morgan fingerprint density at radius 1 is 0.500 bits per heavy atom. The van der Waals surface area contributed by atoms with Crippen LogP contribution in [0.4, 0.5) is 11.4 Å². The molecular weight excluding hydrogens is 560 g/mol. The lowest BCUT2D eigenvalue weighted by Gasteiger charge is -2.30. The van der Waals surface area contributed by atoms with Gasteiger partial charge in [0, 0.05) is 32.8 Å². The van der Waals surface area contributed by atoms with Crippen molar-refractivity contribution in [3.63, 3.8) is 0 Å². The summed E-state index contributed by atoms with van der Waals surface area (Å²) >= 11 is 0. The van der Waals surface area contributed by atoms with Crippen molar-refractivity contribution in [1.29, 1.82) is 0 Å². The van der Waals surface area contributed by atoms with Gasteiger partial charge in [0.2, 0.25) is 0 Å². The van der Waals surface area contributed by atoms with Crippen molar-refractivity contribution in [2.75, 3.05) is 5.32 Å². The van der Waals surface area contributed by atoms with Crippen molar-refractivity contribution in [3.05, 3.63) is 163 Å². The molecule has 0 saturated heterocycles. The number of hydrogen-bond acceptors (Lipinski definition) is 2. The maximum atomic E-state index is 5.25. The first-order chi connectivity index (χ1) is 22.8. The Balaban J connectivity index is 1.24. The van der Waals surface area contributed by atoms with Crippen LogP contribution < -0.4 is 5.32 Å². The molecule has 9 aromatic rings. The van der Waals surface area contributed by atoms with Gasteiger partial charge < -0.3 is 14.5 Å². The third kappa shape index (κ3) is 3.58. The molecule has 3 heterocycles. The predicted molar refractivity (Wildman–Crippen MR) is 193 cm³/mol. The van der Waals surface area contributed by atoms with Crippen molar-refractivity contribution >= 4 is 71.5 Å². The van der Waals surface area contributed by atoms with Crippen LogP contribution in [-0.2, 0) is 0 Å². The smallest absolute Gasteiger partial charge is 0.148 e. The van der Waals surface area contributed by atoms with Crippen LogP contribution in [0.2, 0.25) is 0 Å². The van der Waals surface area contributed by atoms with E-state index in [9.17, 15) is 0 Å². The Hall–Kier alpha value is -6.13. The molecule has 1 N–H and O–H groups in total. The summed E-state index contributed by atoms with van der Waals surface area (Å²) in [5.41, 5.74) is 10.0. The average molecular weight is 589 g/mol. The van der Waals surface area contributed by atoms with Crippen LogP contribution >= 0.6 is 0 Å². The summed E-state index contributed by atoms with van der Waals surface area (Å²) < 4.78 is 4.85. The Kier molecular flexibility index (Phi) is 5.31. The first-order valence-corrected chi connectivity index (χ1v) is 15.8. The molecule has 0 saturated carbocycles. The molecule has 216 valence electrons. The van der Waals surface area contributed by atoms with Gasteiger partial charge in [-0.1, -0.05) is 109 Å². The fraction of sp³-hybridized carbons (Fsp3) is 0.0238. The van der Waals surface area contributed by atoms with Crippen molar-refractivity contribution in [1.82, 2.24) is 9.13 Å². The van der Waals surface area contributed by atoms with E-state index in [4.69, 9.17) is 4.99 Å². The molecule has 0 amide bonds. The van der Waals surface area contributed by atoms with Gasteiger partial charge in [-0.3, -0.25) is 0 Å². The molecule has 0 radical (unpaired) electrons. The van der Waals surface area contributed by atoms with Crippen LogP contribution in [0.25, 0.3) is 60.1 Å². The minimum absolute atomic E-state index is 0.190. The van der Waals surface area contributed by atoms with Crippen LogP contribution in [0, 0.1) is 0 Å². The highest BCUT2D eigenvalue weighted by Gasteiger charge is 2.28. The van der Waals surface area contributed by atoms with Crippen LogP contribution in [0.3, 0.4) is 0 Å². The summed E-state index contributed by atoms with van der Waals surface area (Å²) in [6.07, 6.45) is -0.190. The highest BCUT2D eigenvalue weighted by molar-refractivity contribution is 6.21. The highest BCUT2D eigenvalue weighted by atomic mass is 15.2. The first kappa shape index (κ1) is 25.2. The van der Waals surface area contributed by atoms with Crippen LogP contribution in [-0.4, -0.2) is 14.8 Å². The van der Waals surface area contributed by atoms with E-state index < -0.39 is 0 Å². The predicted octanol–water partition coefficient (Wildman–Crippen LogP) is 10.8. The molecule has 1 unspecified atom stereocenters. The van der Waals surface area contributed by atoms with Gasteiger partial charge in [0.1, 0.15) is 6.17 Å².